The molecule has 0 bridgehead atoms. The predicted molar refractivity (Wildman–Crippen MR) is 148 cm³/mol. The molecule has 3 heterocycles. The molecule has 11 heteroatoms. The van der Waals surface area contributed by atoms with E-state index >= 15 is 0 Å². The second kappa shape index (κ2) is 9.16. The molecular weight excluding hydrogens is 524 g/mol. The Morgan fingerprint density at radius 1 is 0.974 bits per heavy atom. The summed E-state index contributed by atoms with van der Waals surface area (Å²) in [6.07, 6.45) is 1.75. The van der Waals surface area contributed by atoms with Crippen LogP contribution in [0.3, 0.4) is 0 Å². The van der Waals surface area contributed by atoms with Crippen molar-refractivity contribution in [1.82, 2.24) is 15.0 Å². The van der Waals surface area contributed by atoms with E-state index in [9.17, 15) is 13.2 Å². The van der Waals surface area contributed by atoms with E-state index in [1.165, 1.54) is 12.1 Å². The summed E-state index contributed by atoms with van der Waals surface area (Å²) in [7, 11) is -3.79. The van der Waals surface area contributed by atoms with Crippen LogP contribution in [-0.2, 0) is 21.2 Å². The Morgan fingerprint density at radius 3 is 2.58 bits per heavy atom. The van der Waals surface area contributed by atoms with E-state index < -0.39 is 10.0 Å². The summed E-state index contributed by atoms with van der Waals surface area (Å²) >= 11 is 6.11. The number of carbonyl (C=O) groups is 1. The van der Waals surface area contributed by atoms with Crippen LogP contribution in [-0.4, -0.2) is 29.3 Å². The third-order valence-electron chi connectivity index (χ3n) is 6.15. The number of sulfonamides is 1. The number of anilines is 4. The average molecular weight is 545 g/mol. The molecule has 190 valence electrons. The largest absolute Gasteiger partial charge is 0.359 e. The normalized spacial score (nSPS) is 12.8. The van der Waals surface area contributed by atoms with Gasteiger partial charge in [0.15, 0.2) is 0 Å². The highest BCUT2D eigenvalue weighted by Crippen LogP contribution is 2.35. The Kier molecular flexibility index (Phi) is 5.77. The smallest absolute Gasteiger partial charge is 0.261 e. The lowest BCUT2D eigenvalue weighted by Gasteiger charge is -2.12. The van der Waals surface area contributed by atoms with E-state index in [0.29, 0.717) is 39.3 Å². The molecule has 38 heavy (non-hydrogen) atoms. The molecular formula is C27H21ClN6O3S. The van der Waals surface area contributed by atoms with Crippen LogP contribution in [0.5, 0.6) is 0 Å². The van der Waals surface area contributed by atoms with Crippen LogP contribution in [0.1, 0.15) is 11.3 Å². The minimum absolute atomic E-state index is 0.117. The summed E-state index contributed by atoms with van der Waals surface area (Å²) in [5.41, 5.74) is 5.65. The van der Waals surface area contributed by atoms with Crippen molar-refractivity contribution in [2.24, 2.45) is 0 Å². The van der Waals surface area contributed by atoms with Crippen molar-refractivity contribution in [2.75, 3.05) is 15.4 Å². The SMILES string of the molecule is Cc1cc2cc(NS(=O)(=O)c3ccc(Nc4ncc5c(n4)-c4ccc(Cl)cc4NC(=O)C5)cc3)ccc2[nH]1. The third-order valence-corrected chi connectivity index (χ3v) is 7.79. The molecule has 0 saturated heterocycles. The standard InChI is InChI=1S/C27H21ClN6O3S/c1-15-10-16-11-20(5-9-23(16)30-15)34-38(36,37)21-6-3-19(4-7-21)31-27-29-14-17-12-25(35)32-24-13-18(28)2-8-22(24)26(17)33-27/h2-11,13-14,30,34H,12H2,1H3,(H,32,35)(H,29,31,33). The fourth-order valence-electron chi connectivity index (χ4n) is 4.43. The number of benzene rings is 3. The lowest BCUT2D eigenvalue weighted by molar-refractivity contribution is -0.115. The van der Waals surface area contributed by atoms with Crippen molar-refractivity contribution < 1.29 is 13.2 Å². The Balaban J connectivity index is 1.23. The number of amides is 1. The maximum atomic E-state index is 13.0. The number of hydrogen-bond donors (Lipinski definition) is 4. The molecule has 0 unspecified atom stereocenters. The van der Waals surface area contributed by atoms with E-state index in [-0.39, 0.29) is 17.2 Å². The fourth-order valence-corrected chi connectivity index (χ4v) is 5.65. The van der Waals surface area contributed by atoms with Gasteiger partial charge in [-0.05, 0) is 73.7 Å². The quantitative estimate of drug-likeness (QED) is 0.227. The fraction of sp³-hybridized carbons (Fsp3) is 0.0741. The van der Waals surface area contributed by atoms with E-state index in [2.05, 4.69) is 30.3 Å². The van der Waals surface area contributed by atoms with Gasteiger partial charge in [0.2, 0.25) is 11.9 Å². The number of nitrogens with zero attached hydrogens (tertiary/aromatic N) is 2. The highest BCUT2D eigenvalue weighted by Gasteiger charge is 2.21. The van der Waals surface area contributed by atoms with Gasteiger partial charge >= 0.3 is 0 Å². The molecule has 4 N–H and O–H groups in total. The lowest BCUT2D eigenvalue weighted by atomic mass is 10.1. The summed E-state index contributed by atoms with van der Waals surface area (Å²) in [5, 5.41) is 7.39. The number of aromatic nitrogens is 3. The van der Waals surface area contributed by atoms with Crippen molar-refractivity contribution in [3.8, 4) is 11.3 Å². The Hall–Kier alpha value is -4.41. The predicted octanol–water partition coefficient (Wildman–Crippen LogP) is 5.63. The van der Waals surface area contributed by atoms with E-state index in [1.54, 1.807) is 48.7 Å². The maximum absolute atomic E-state index is 13.0. The Bertz CT molecular complexity index is 1830. The Morgan fingerprint density at radius 2 is 1.76 bits per heavy atom. The summed E-state index contributed by atoms with van der Waals surface area (Å²) < 4.78 is 28.6. The number of halogens is 1. The molecule has 1 aliphatic heterocycles. The maximum Gasteiger partial charge on any atom is 0.261 e. The van der Waals surface area contributed by atoms with Crippen LogP contribution in [0.2, 0.25) is 5.02 Å². The highest BCUT2D eigenvalue weighted by molar-refractivity contribution is 7.92. The Labute approximate surface area is 223 Å². The first-order valence-electron chi connectivity index (χ1n) is 11.7. The monoisotopic (exact) mass is 544 g/mol. The van der Waals surface area contributed by atoms with Gasteiger partial charge in [-0.15, -0.1) is 0 Å². The number of nitrogens with one attached hydrogen (secondary N) is 4. The summed E-state index contributed by atoms with van der Waals surface area (Å²) in [6.45, 7) is 1.95. The molecule has 0 saturated carbocycles. The first-order valence-corrected chi connectivity index (χ1v) is 13.5. The minimum atomic E-state index is -3.79. The van der Waals surface area contributed by atoms with Crippen molar-refractivity contribution in [3.63, 3.8) is 0 Å². The van der Waals surface area contributed by atoms with Gasteiger partial charge in [-0.1, -0.05) is 11.6 Å². The van der Waals surface area contributed by atoms with Crippen LogP contribution in [0.15, 0.2) is 77.8 Å². The van der Waals surface area contributed by atoms with Crippen LogP contribution in [0.4, 0.5) is 23.0 Å². The molecule has 1 aliphatic rings. The highest BCUT2D eigenvalue weighted by atomic mass is 35.5. The number of aryl methyl sites for hydroxylation is 1. The zero-order valence-electron chi connectivity index (χ0n) is 20.0. The molecule has 0 radical (unpaired) electrons. The number of carbonyl (C=O) groups excluding carboxylic acids is 1. The van der Waals surface area contributed by atoms with E-state index in [4.69, 9.17) is 11.6 Å². The van der Waals surface area contributed by atoms with Gasteiger partial charge in [0.05, 0.1) is 22.7 Å². The minimum Gasteiger partial charge on any atom is -0.359 e. The van der Waals surface area contributed by atoms with Gasteiger partial charge in [-0.3, -0.25) is 9.52 Å². The van der Waals surface area contributed by atoms with Gasteiger partial charge in [-0.25, -0.2) is 18.4 Å². The molecule has 3 aromatic carbocycles. The molecule has 0 spiro atoms. The van der Waals surface area contributed by atoms with Crippen LogP contribution in [0, 0.1) is 6.92 Å². The molecule has 0 aliphatic carbocycles. The summed E-state index contributed by atoms with van der Waals surface area (Å²) in [5.74, 6) is 0.132. The average Bonchev–Trinajstić information content (AvgIpc) is 3.18. The van der Waals surface area contributed by atoms with Gasteiger partial charge in [0.25, 0.3) is 10.0 Å². The molecule has 2 aromatic heterocycles. The number of rotatable bonds is 5. The number of aromatic amines is 1. The number of fused-ring (bicyclic) bond motifs is 4. The lowest BCUT2D eigenvalue weighted by Crippen LogP contribution is -2.13. The van der Waals surface area contributed by atoms with E-state index in [0.717, 1.165) is 22.2 Å². The van der Waals surface area contributed by atoms with E-state index in [1.807, 2.05) is 19.1 Å². The van der Waals surface area contributed by atoms with Gasteiger partial charge in [-0.2, -0.15) is 0 Å². The molecule has 1 amide bonds. The van der Waals surface area contributed by atoms with Crippen molar-refractivity contribution in [3.05, 3.63) is 89.2 Å². The van der Waals surface area contributed by atoms with Gasteiger partial charge in [0, 0.05) is 50.3 Å². The van der Waals surface area contributed by atoms with Gasteiger partial charge < -0.3 is 15.6 Å². The zero-order valence-corrected chi connectivity index (χ0v) is 21.6. The third kappa shape index (κ3) is 4.67. The van der Waals surface area contributed by atoms with Crippen molar-refractivity contribution in [1.29, 1.82) is 0 Å². The second-order valence-electron chi connectivity index (χ2n) is 8.99. The number of H-pyrrole nitrogens is 1. The summed E-state index contributed by atoms with van der Waals surface area (Å²) in [6, 6.07) is 18.8. The molecule has 0 fully saturated rings. The molecule has 6 rings (SSSR count). The molecule has 9 nitrogen and oxygen atoms in total. The first-order chi connectivity index (χ1) is 18.2. The van der Waals surface area contributed by atoms with Crippen molar-refractivity contribution in [2.45, 2.75) is 18.2 Å². The zero-order chi connectivity index (χ0) is 26.4. The van der Waals surface area contributed by atoms with Gasteiger partial charge in [0.1, 0.15) is 0 Å². The molecule has 0 atom stereocenters. The summed E-state index contributed by atoms with van der Waals surface area (Å²) in [4.78, 5) is 24.6. The van der Waals surface area contributed by atoms with Crippen LogP contribution in [0.25, 0.3) is 22.2 Å². The molecule has 5 aromatic rings. The van der Waals surface area contributed by atoms with Crippen LogP contribution < -0.4 is 15.4 Å². The van der Waals surface area contributed by atoms with Crippen molar-refractivity contribution >= 4 is 61.4 Å². The number of hydrogen-bond acceptors (Lipinski definition) is 6. The topological polar surface area (TPSA) is 129 Å². The van der Waals surface area contributed by atoms with Crippen LogP contribution >= 0.6 is 11.6 Å². The first kappa shape index (κ1) is 24.0. The second-order valence-corrected chi connectivity index (χ2v) is 11.1.